The van der Waals surface area contributed by atoms with Crippen LogP contribution in [0.1, 0.15) is 5.69 Å². The van der Waals surface area contributed by atoms with Crippen molar-refractivity contribution in [3.05, 3.63) is 182 Å². The summed E-state index contributed by atoms with van der Waals surface area (Å²) in [5.41, 5.74) is 11.5. The van der Waals surface area contributed by atoms with E-state index >= 15 is 0 Å². The average Bonchev–Trinajstić information content (AvgIpc) is 3.53. The lowest BCUT2D eigenvalue weighted by molar-refractivity contribution is 1.17. The summed E-state index contributed by atoms with van der Waals surface area (Å²) < 4.78 is 2.36. The van der Waals surface area contributed by atoms with E-state index in [1.54, 1.807) is 0 Å². The standard InChI is InChI=1S/C47H32N4/c1-31-45(49-47-42-20-8-6-16-38(42)37-15-5-7-19-41(37)46(47)48-31)32-23-25-34(26-24-32)50(33-13-3-2-4-14-33)35-27-29-36(30-28-35)51-43-21-11-9-17-39(43)40-18-10-12-22-44(40)51/h2-30H,1H3. The molecule has 2 aromatic heterocycles. The third kappa shape index (κ3) is 4.68. The Morgan fingerprint density at radius 3 is 1.39 bits per heavy atom. The second kappa shape index (κ2) is 11.7. The zero-order valence-electron chi connectivity index (χ0n) is 28.0. The van der Waals surface area contributed by atoms with Gasteiger partial charge in [-0.15, -0.1) is 0 Å². The van der Waals surface area contributed by atoms with E-state index in [9.17, 15) is 0 Å². The molecule has 240 valence electrons. The summed E-state index contributed by atoms with van der Waals surface area (Å²) in [6.45, 7) is 2.06. The molecule has 0 radical (unpaired) electrons. The number of rotatable bonds is 5. The van der Waals surface area contributed by atoms with Gasteiger partial charge in [-0.3, -0.25) is 0 Å². The highest BCUT2D eigenvalue weighted by molar-refractivity contribution is 6.23. The zero-order chi connectivity index (χ0) is 33.9. The summed E-state index contributed by atoms with van der Waals surface area (Å²) in [6.07, 6.45) is 0. The van der Waals surface area contributed by atoms with Gasteiger partial charge >= 0.3 is 0 Å². The van der Waals surface area contributed by atoms with Crippen molar-refractivity contribution >= 4 is 71.4 Å². The van der Waals surface area contributed by atoms with Crippen molar-refractivity contribution in [2.24, 2.45) is 0 Å². The summed E-state index contributed by atoms with van der Waals surface area (Å²) in [5.74, 6) is 0. The van der Waals surface area contributed by atoms with Crippen molar-refractivity contribution in [2.45, 2.75) is 6.92 Å². The second-order valence-corrected chi connectivity index (χ2v) is 13.0. The first kappa shape index (κ1) is 29.2. The van der Waals surface area contributed by atoms with Gasteiger partial charge in [0.2, 0.25) is 0 Å². The second-order valence-electron chi connectivity index (χ2n) is 13.0. The largest absolute Gasteiger partial charge is 0.311 e. The van der Waals surface area contributed by atoms with E-state index in [1.807, 2.05) is 0 Å². The van der Waals surface area contributed by atoms with E-state index < -0.39 is 0 Å². The van der Waals surface area contributed by atoms with Crippen LogP contribution in [0.25, 0.3) is 71.3 Å². The third-order valence-corrected chi connectivity index (χ3v) is 10.1. The van der Waals surface area contributed by atoms with Gasteiger partial charge < -0.3 is 9.47 Å². The molecule has 0 amide bonds. The molecule has 0 saturated carbocycles. The molecule has 10 aromatic rings. The van der Waals surface area contributed by atoms with Gasteiger partial charge in [-0.1, -0.05) is 115 Å². The SMILES string of the molecule is Cc1nc2c3ccccc3c3ccccc3c2nc1-c1ccc(N(c2ccccc2)c2ccc(-n3c4ccccc4c4ccccc43)cc2)cc1. The molecule has 2 heterocycles. The minimum absolute atomic E-state index is 0.899. The fraction of sp³-hybridized carbons (Fsp3) is 0.0213. The number of anilines is 3. The smallest absolute Gasteiger partial charge is 0.0979 e. The van der Waals surface area contributed by atoms with E-state index in [4.69, 9.17) is 9.97 Å². The van der Waals surface area contributed by atoms with Crippen LogP contribution in [0, 0.1) is 6.92 Å². The Hall–Kier alpha value is -6.78. The predicted molar refractivity (Wildman–Crippen MR) is 214 cm³/mol. The highest BCUT2D eigenvalue weighted by Crippen LogP contribution is 2.39. The molecular formula is C47H32N4. The maximum atomic E-state index is 5.31. The average molecular weight is 653 g/mol. The summed E-state index contributed by atoms with van der Waals surface area (Å²) in [5, 5.41) is 7.17. The van der Waals surface area contributed by atoms with E-state index in [2.05, 4.69) is 192 Å². The van der Waals surface area contributed by atoms with E-state index in [1.165, 1.54) is 32.6 Å². The first-order valence-corrected chi connectivity index (χ1v) is 17.3. The molecular weight excluding hydrogens is 621 g/mol. The normalized spacial score (nSPS) is 11.6. The van der Waals surface area contributed by atoms with E-state index in [0.717, 1.165) is 61.5 Å². The quantitative estimate of drug-likeness (QED) is 0.174. The Morgan fingerprint density at radius 1 is 0.392 bits per heavy atom. The molecule has 0 aliphatic carbocycles. The van der Waals surface area contributed by atoms with Gasteiger partial charge in [-0.2, -0.15) is 0 Å². The van der Waals surface area contributed by atoms with Crippen LogP contribution in [-0.4, -0.2) is 14.5 Å². The monoisotopic (exact) mass is 652 g/mol. The summed E-state index contributed by atoms with van der Waals surface area (Å²) in [6, 6.07) is 62.4. The number of hydrogen-bond donors (Lipinski definition) is 0. The van der Waals surface area contributed by atoms with E-state index in [-0.39, 0.29) is 0 Å². The lowest BCUT2D eigenvalue weighted by Gasteiger charge is -2.26. The lowest BCUT2D eigenvalue weighted by atomic mass is 9.99. The molecule has 0 fully saturated rings. The Morgan fingerprint density at radius 2 is 0.824 bits per heavy atom. The molecule has 0 bridgehead atoms. The van der Waals surface area contributed by atoms with Crippen LogP contribution >= 0.6 is 0 Å². The Bertz CT molecular complexity index is 2850. The van der Waals surface area contributed by atoms with Crippen LogP contribution in [0.15, 0.2) is 176 Å². The number of nitrogens with zero attached hydrogens (tertiary/aromatic N) is 4. The van der Waals surface area contributed by atoms with Crippen LogP contribution < -0.4 is 4.90 Å². The Kier molecular flexibility index (Phi) is 6.68. The van der Waals surface area contributed by atoms with Gasteiger partial charge in [0, 0.05) is 49.9 Å². The Labute approximate surface area is 295 Å². The number of aromatic nitrogens is 3. The molecule has 4 nitrogen and oxygen atoms in total. The Balaban J connectivity index is 1.07. The number of aryl methyl sites for hydroxylation is 1. The van der Waals surface area contributed by atoms with Gasteiger partial charge in [-0.05, 0) is 78.4 Å². The summed E-state index contributed by atoms with van der Waals surface area (Å²) in [7, 11) is 0. The van der Waals surface area contributed by atoms with Crippen molar-refractivity contribution in [2.75, 3.05) is 4.90 Å². The summed E-state index contributed by atoms with van der Waals surface area (Å²) in [4.78, 5) is 12.8. The highest BCUT2D eigenvalue weighted by atomic mass is 15.1. The number of fused-ring (bicyclic) bond motifs is 9. The predicted octanol–water partition coefficient (Wildman–Crippen LogP) is 12.5. The van der Waals surface area contributed by atoms with Crippen molar-refractivity contribution in [3.63, 3.8) is 0 Å². The van der Waals surface area contributed by atoms with E-state index in [0.29, 0.717) is 0 Å². The maximum Gasteiger partial charge on any atom is 0.0979 e. The zero-order valence-corrected chi connectivity index (χ0v) is 28.0. The maximum absolute atomic E-state index is 5.31. The molecule has 0 atom stereocenters. The fourth-order valence-corrected chi connectivity index (χ4v) is 7.76. The van der Waals surface area contributed by atoms with Crippen LogP contribution in [0.5, 0.6) is 0 Å². The van der Waals surface area contributed by atoms with Crippen molar-refractivity contribution in [1.29, 1.82) is 0 Å². The van der Waals surface area contributed by atoms with Gasteiger partial charge in [0.05, 0.1) is 33.5 Å². The van der Waals surface area contributed by atoms with Crippen molar-refractivity contribution < 1.29 is 0 Å². The highest BCUT2D eigenvalue weighted by Gasteiger charge is 2.17. The number of hydrogen-bond acceptors (Lipinski definition) is 3. The topological polar surface area (TPSA) is 34.0 Å². The van der Waals surface area contributed by atoms with Gasteiger partial charge in [0.25, 0.3) is 0 Å². The van der Waals surface area contributed by atoms with Crippen LogP contribution in [0.3, 0.4) is 0 Å². The van der Waals surface area contributed by atoms with Crippen molar-refractivity contribution in [1.82, 2.24) is 14.5 Å². The molecule has 0 spiro atoms. The molecule has 0 aliphatic heterocycles. The van der Waals surface area contributed by atoms with Crippen LogP contribution in [-0.2, 0) is 0 Å². The third-order valence-electron chi connectivity index (χ3n) is 10.1. The number of benzene rings is 8. The van der Waals surface area contributed by atoms with Crippen LogP contribution in [0.4, 0.5) is 17.1 Å². The molecule has 4 heteroatoms. The van der Waals surface area contributed by atoms with Crippen LogP contribution in [0.2, 0.25) is 0 Å². The first-order chi connectivity index (χ1) is 25.2. The molecule has 51 heavy (non-hydrogen) atoms. The number of para-hydroxylation sites is 3. The first-order valence-electron chi connectivity index (χ1n) is 17.3. The lowest BCUT2D eigenvalue weighted by Crippen LogP contribution is -2.10. The molecule has 10 rings (SSSR count). The summed E-state index contributed by atoms with van der Waals surface area (Å²) >= 11 is 0. The fourth-order valence-electron chi connectivity index (χ4n) is 7.76. The minimum atomic E-state index is 0.899. The molecule has 0 saturated heterocycles. The van der Waals surface area contributed by atoms with Gasteiger partial charge in [0.1, 0.15) is 0 Å². The molecule has 0 N–H and O–H groups in total. The molecule has 8 aromatic carbocycles. The van der Waals surface area contributed by atoms with Gasteiger partial charge in [-0.25, -0.2) is 9.97 Å². The van der Waals surface area contributed by atoms with Gasteiger partial charge in [0.15, 0.2) is 0 Å². The molecule has 0 aliphatic rings. The minimum Gasteiger partial charge on any atom is -0.311 e. The molecule has 0 unspecified atom stereocenters. The van der Waals surface area contributed by atoms with Crippen molar-refractivity contribution in [3.8, 4) is 16.9 Å².